The quantitative estimate of drug-likeness (QED) is 0.206. The average Bonchev–Trinajstić information content (AvgIpc) is 3.46. The van der Waals surface area contributed by atoms with E-state index in [1.54, 1.807) is 8.40 Å². The summed E-state index contributed by atoms with van der Waals surface area (Å²) >= 11 is 1.54. The van der Waals surface area contributed by atoms with Gasteiger partial charge >= 0.3 is 76.7 Å². The largest absolute Gasteiger partial charge is 1.00 e. The van der Waals surface area contributed by atoms with Crippen molar-refractivity contribution in [1.82, 2.24) is 0 Å². The van der Waals surface area contributed by atoms with E-state index in [4.69, 9.17) is 0 Å². The number of fused-ring (bicyclic) bond motifs is 3. The molecule has 0 radical (unpaired) electrons. The third-order valence-corrected chi connectivity index (χ3v) is 11.8. The van der Waals surface area contributed by atoms with Crippen LogP contribution in [0.5, 0.6) is 0 Å². The molecule has 2 aliphatic rings. The molecule has 1 atom stereocenters. The Labute approximate surface area is 298 Å². The van der Waals surface area contributed by atoms with Gasteiger partial charge in [-0.05, 0) is 25.5 Å². The Morgan fingerprint density at radius 2 is 1.43 bits per heavy atom. The zero-order valence-corrected chi connectivity index (χ0v) is 34.1. The Hall–Kier alpha value is -1.31. The first-order valence-electron chi connectivity index (χ1n) is 15.6. The molecule has 1 unspecified atom stereocenters. The van der Waals surface area contributed by atoms with Crippen LogP contribution in [-0.2, 0) is 41.5 Å². The summed E-state index contributed by atoms with van der Waals surface area (Å²) in [5.41, 5.74) is 11.6. The van der Waals surface area contributed by atoms with Crippen molar-refractivity contribution in [3.05, 3.63) is 117 Å². The number of halogens is 2. The number of benzene rings is 3. The zero-order valence-electron chi connectivity index (χ0n) is 29.1. The normalized spacial score (nSPS) is 15.1. The van der Waals surface area contributed by atoms with Gasteiger partial charge in [-0.15, -0.1) is 5.56 Å². The van der Waals surface area contributed by atoms with Crippen molar-refractivity contribution in [3.63, 3.8) is 0 Å². The first-order valence-corrected chi connectivity index (χ1v) is 20.3. The van der Waals surface area contributed by atoms with Crippen molar-refractivity contribution in [2.24, 2.45) is 5.92 Å². The summed E-state index contributed by atoms with van der Waals surface area (Å²) in [4.78, 5) is 0. The maximum atomic E-state index is 3.53. The second-order valence-corrected chi connectivity index (χ2v) is 21.4. The van der Waals surface area contributed by atoms with Crippen LogP contribution in [0.2, 0.25) is 19.6 Å². The Morgan fingerprint density at radius 1 is 0.864 bits per heavy atom. The summed E-state index contributed by atoms with van der Waals surface area (Å²) in [5.74, 6) is 0.553. The molecular formula is C40H52Cl2SiZr-2. The Kier molecular flexibility index (Phi) is 15.3. The molecule has 0 bridgehead atoms. The molecule has 2 aliphatic carbocycles. The summed E-state index contributed by atoms with van der Waals surface area (Å²) in [6, 6.07) is 25.7. The number of allylic oxidation sites excluding steroid dienone is 4. The van der Waals surface area contributed by atoms with Gasteiger partial charge in [-0.3, -0.25) is 6.08 Å². The van der Waals surface area contributed by atoms with Gasteiger partial charge in [0.25, 0.3) is 0 Å². The molecule has 0 N–H and O–H groups in total. The monoisotopic (exact) mass is 720 g/mol. The van der Waals surface area contributed by atoms with E-state index in [1.807, 2.05) is 0 Å². The predicted octanol–water partition coefficient (Wildman–Crippen LogP) is 5.01. The fourth-order valence-corrected chi connectivity index (χ4v) is 7.83. The van der Waals surface area contributed by atoms with Crippen molar-refractivity contribution >= 4 is 11.3 Å². The molecule has 3 aromatic carbocycles. The van der Waals surface area contributed by atoms with Gasteiger partial charge in [0.2, 0.25) is 0 Å². The van der Waals surface area contributed by atoms with Gasteiger partial charge in [-0.1, -0.05) is 116 Å². The van der Waals surface area contributed by atoms with Gasteiger partial charge in [-0.2, -0.15) is 35.4 Å². The van der Waals surface area contributed by atoms with Gasteiger partial charge < -0.3 is 24.8 Å². The van der Waals surface area contributed by atoms with Gasteiger partial charge in [0.15, 0.2) is 0 Å². The summed E-state index contributed by atoms with van der Waals surface area (Å²) in [6.45, 7) is 27.4. The molecule has 0 nitrogen and oxygen atoms in total. The second-order valence-electron chi connectivity index (χ2n) is 14.9. The van der Waals surface area contributed by atoms with E-state index in [2.05, 4.69) is 161 Å². The van der Waals surface area contributed by atoms with E-state index < -0.39 is 8.07 Å². The van der Waals surface area contributed by atoms with E-state index in [9.17, 15) is 0 Å². The van der Waals surface area contributed by atoms with Crippen molar-refractivity contribution in [2.75, 3.05) is 0 Å². The Bertz CT molecular complexity index is 1400. The Balaban J connectivity index is 0.000000358. The van der Waals surface area contributed by atoms with Gasteiger partial charge in [0.1, 0.15) is 0 Å². The first-order chi connectivity index (χ1) is 19.4. The van der Waals surface area contributed by atoms with Crippen LogP contribution in [-0.4, -0.2) is 11.3 Å². The summed E-state index contributed by atoms with van der Waals surface area (Å²) in [7, 11) is -1.07. The molecule has 0 saturated heterocycles. The third-order valence-electron chi connectivity index (χ3n) is 8.07. The van der Waals surface area contributed by atoms with Gasteiger partial charge in [0, 0.05) is 0 Å². The molecule has 44 heavy (non-hydrogen) atoms. The van der Waals surface area contributed by atoms with Crippen molar-refractivity contribution in [2.45, 2.75) is 106 Å². The topological polar surface area (TPSA) is 0 Å². The van der Waals surface area contributed by atoms with Crippen LogP contribution in [0.1, 0.15) is 96.6 Å². The van der Waals surface area contributed by atoms with E-state index in [-0.39, 0.29) is 35.6 Å². The van der Waals surface area contributed by atoms with Crippen molar-refractivity contribution in [1.29, 1.82) is 0 Å². The fourth-order valence-electron chi connectivity index (χ4n) is 5.48. The molecule has 0 aromatic heterocycles. The molecule has 4 heteroatoms. The molecule has 0 amide bonds. The molecule has 0 aliphatic heterocycles. The molecule has 0 spiro atoms. The number of rotatable bonds is 3. The SMILES string of the molecule is CC(C)(C)c1c[c-]c2c(c1)-c1cc(C(C)(C)C)ccc1C2.CC1=[C-]C(C)C=C1[Si](C)(C)C.CC[C](=[Zr+2])c1ccccc1.[Cl-].[Cl-]. The number of hydrogen-bond donors (Lipinski definition) is 0. The van der Waals surface area contributed by atoms with Crippen LogP contribution in [0, 0.1) is 18.1 Å². The van der Waals surface area contributed by atoms with Crippen LogP contribution in [0.3, 0.4) is 0 Å². The minimum Gasteiger partial charge on any atom is -1.00 e. The first kappa shape index (κ1) is 40.7. The van der Waals surface area contributed by atoms with Crippen LogP contribution >= 0.6 is 0 Å². The van der Waals surface area contributed by atoms with E-state index in [0.717, 1.165) is 6.42 Å². The molecule has 5 rings (SSSR count). The average molecular weight is 723 g/mol. The maximum Gasteiger partial charge on any atom is -1.00 e. The van der Waals surface area contributed by atoms with E-state index in [0.29, 0.717) is 5.92 Å². The van der Waals surface area contributed by atoms with Gasteiger partial charge in [-0.25, -0.2) is 10.8 Å². The molecule has 0 fully saturated rings. The maximum absolute atomic E-state index is 3.53. The number of hydrogen-bond acceptors (Lipinski definition) is 0. The zero-order chi connectivity index (χ0) is 31.5. The van der Waals surface area contributed by atoms with Crippen LogP contribution < -0.4 is 24.8 Å². The van der Waals surface area contributed by atoms with E-state index in [1.165, 1.54) is 75.2 Å². The Morgan fingerprint density at radius 3 is 1.89 bits per heavy atom. The van der Waals surface area contributed by atoms with Crippen molar-refractivity contribution < 1.29 is 49.0 Å². The predicted molar refractivity (Wildman–Crippen MR) is 185 cm³/mol. The smallest absolute Gasteiger partial charge is 1.00 e. The summed E-state index contributed by atoms with van der Waals surface area (Å²) < 4.78 is 1.55. The fraction of sp³-hybridized carbons (Fsp3) is 0.425. The van der Waals surface area contributed by atoms with Gasteiger partial charge in [0.05, 0.1) is 0 Å². The van der Waals surface area contributed by atoms with Crippen LogP contribution in [0.25, 0.3) is 11.1 Å². The molecule has 3 aromatic rings. The standard InChI is InChI=1S/C21H25.C10H17Si.C9H10.2ClH.Zr/c1-20(2,3)16-9-7-14-11-15-8-10-17(21(4,5)6)13-19(15)18(14)12-16;1-8-6-9(2)10(7-8)11(3,4)5;1-2-6-9-7-4-3-5-8-9;;;/h7,9-10,12-13H,11H2,1-6H3;7-8H,1-5H3;3-5,7-8H,2H2,1H3;2*1H;/q2*-1;;;;+2/p-2. The minimum absolute atomic E-state index is 0. The van der Waals surface area contributed by atoms with Crippen LogP contribution in [0.4, 0.5) is 0 Å². The second kappa shape index (κ2) is 16.5. The summed E-state index contributed by atoms with van der Waals surface area (Å²) in [6.07, 6.45) is 8.02. The molecule has 236 valence electrons. The van der Waals surface area contributed by atoms with Crippen molar-refractivity contribution in [3.8, 4) is 11.1 Å². The minimum atomic E-state index is -1.07. The molecular weight excluding hydrogens is 671 g/mol. The molecule has 0 saturated carbocycles. The third kappa shape index (κ3) is 10.9. The van der Waals surface area contributed by atoms with Crippen LogP contribution in [0.15, 0.2) is 77.5 Å². The van der Waals surface area contributed by atoms with E-state index >= 15 is 0 Å². The summed E-state index contributed by atoms with van der Waals surface area (Å²) in [5, 5.41) is 1.60. The molecule has 0 heterocycles.